The topological polar surface area (TPSA) is 97.7 Å². The van der Waals surface area contributed by atoms with Gasteiger partial charge in [0.1, 0.15) is 6.54 Å². The molecule has 1 amide bonds. The molecule has 0 unspecified atom stereocenters. The largest absolute Gasteiger partial charge is 0.374 e. The van der Waals surface area contributed by atoms with Gasteiger partial charge in [-0.25, -0.2) is 8.42 Å². The number of nitrogens with one attached hydrogen (secondary N) is 1. The molecule has 0 aliphatic carbocycles. The summed E-state index contributed by atoms with van der Waals surface area (Å²) in [5.74, 6) is -0.390. The first kappa shape index (κ1) is 24.8. The van der Waals surface area contributed by atoms with Crippen molar-refractivity contribution in [2.75, 3.05) is 13.1 Å². The van der Waals surface area contributed by atoms with E-state index in [2.05, 4.69) is 5.32 Å². The van der Waals surface area contributed by atoms with E-state index >= 15 is 0 Å². The lowest BCUT2D eigenvalue weighted by Gasteiger charge is -2.19. The van der Waals surface area contributed by atoms with Crippen LogP contribution in [0.4, 0.5) is 0 Å². The lowest BCUT2D eigenvalue weighted by molar-refractivity contribution is -0.121. The first-order valence-corrected chi connectivity index (χ1v) is 11.8. The maximum absolute atomic E-state index is 12.7. The van der Waals surface area contributed by atoms with Gasteiger partial charge in [-0.3, -0.25) is 9.59 Å². The van der Waals surface area contributed by atoms with E-state index in [0.29, 0.717) is 19.7 Å². The Morgan fingerprint density at radius 1 is 1.10 bits per heavy atom. The van der Waals surface area contributed by atoms with Gasteiger partial charge in [-0.2, -0.15) is 4.31 Å². The molecule has 0 spiro atoms. The number of carbonyl (C=O) groups excluding carboxylic acids is 1. The molecule has 0 fully saturated rings. The molecule has 1 N–H and O–H groups in total. The number of sulfonamides is 1. The highest BCUT2D eigenvalue weighted by atomic mass is 32.2. The van der Waals surface area contributed by atoms with Gasteiger partial charge < -0.3 is 14.6 Å². The maximum Gasteiger partial charge on any atom is 0.251 e. The number of rotatable bonds is 11. The normalized spacial score (nSPS) is 11.8. The third-order valence-electron chi connectivity index (χ3n) is 4.78. The Kier molecular flexibility index (Phi) is 8.97. The maximum atomic E-state index is 12.7. The highest BCUT2D eigenvalue weighted by Gasteiger charge is 2.22. The number of ether oxygens (including phenoxy) is 1. The number of hydrogen-bond acceptors (Lipinski definition) is 5. The van der Waals surface area contributed by atoms with Gasteiger partial charge in [0.15, 0.2) is 0 Å². The number of amides is 1. The highest BCUT2D eigenvalue weighted by molar-refractivity contribution is 7.89. The monoisotopic (exact) mass is 449 g/mol. The first-order chi connectivity index (χ1) is 14.7. The number of hydrogen-bond donors (Lipinski definition) is 1. The molecule has 0 radical (unpaired) electrons. The Bertz CT molecular complexity index is 1040. The molecule has 1 aromatic heterocycles. The second-order valence-electron chi connectivity index (χ2n) is 7.33. The zero-order valence-corrected chi connectivity index (χ0v) is 19.3. The van der Waals surface area contributed by atoms with Crippen LogP contribution in [0.15, 0.2) is 52.3 Å². The smallest absolute Gasteiger partial charge is 0.251 e. The second-order valence-corrected chi connectivity index (χ2v) is 9.26. The Morgan fingerprint density at radius 3 is 2.35 bits per heavy atom. The van der Waals surface area contributed by atoms with E-state index in [0.717, 1.165) is 15.7 Å². The number of aromatic nitrogens is 1. The van der Waals surface area contributed by atoms with Crippen molar-refractivity contribution in [3.05, 3.63) is 64.1 Å². The molecular weight excluding hydrogens is 418 g/mol. The third kappa shape index (κ3) is 6.75. The number of pyridine rings is 1. The summed E-state index contributed by atoms with van der Waals surface area (Å²) in [4.78, 5) is 24.6. The summed E-state index contributed by atoms with van der Waals surface area (Å²) in [6.07, 6.45) is 1.31. The molecule has 0 saturated carbocycles. The molecule has 0 atom stereocenters. The van der Waals surface area contributed by atoms with Gasteiger partial charge in [0.05, 0.1) is 17.6 Å². The fourth-order valence-electron chi connectivity index (χ4n) is 3.03. The van der Waals surface area contributed by atoms with Crippen molar-refractivity contribution < 1.29 is 17.9 Å². The zero-order chi connectivity index (χ0) is 23.0. The summed E-state index contributed by atoms with van der Waals surface area (Å²) in [5, 5.41) is 2.79. The Morgan fingerprint density at radius 2 is 1.74 bits per heavy atom. The first-order valence-electron chi connectivity index (χ1n) is 10.3. The van der Waals surface area contributed by atoms with E-state index in [1.54, 1.807) is 13.8 Å². The van der Waals surface area contributed by atoms with E-state index in [4.69, 9.17) is 4.74 Å². The number of benzene rings is 1. The molecule has 0 aliphatic rings. The SMILES string of the molecule is CCN(CC)S(=O)(=O)c1ccc(=O)n(CC(=O)NCc2ccccc2COC(C)C)c1. The minimum absolute atomic E-state index is 0.0141. The average molecular weight is 450 g/mol. The molecule has 0 aliphatic heterocycles. The van der Waals surface area contributed by atoms with Crippen LogP contribution in [0.1, 0.15) is 38.8 Å². The molecule has 2 rings (SSSR count). The molecule has 1 heterocycles. The zero-order valence-electron chi connectivity index (χ0n) is 18.5. The van der Waals surface area contributed by atoms with Gasteiger partial charge in [0.25, 0.3) is 5.56 Å². The van der Waals surface area contributed by atoms with Crippen molar-refractivity contribution in [3.8, 4) is 0 Å². The van der Waals surface area contributed by atoms with Crippen LogP contribution in [0.25, 0.3) is 0 Å². The van der Waals surface area contributed by atoms with Crippen molar-refractivity contribution in [2.24, 2.45) is 0 Å². The van der Waals surface area contributed by atoms with Crippen LogP contribution in [-0.2, 0) is 39.3 Å². The molecule has 1 aromatic carbocycles. The Labute approximate surface area is 183 Å². The van der Waals surface area contributed by atoms with Gasteiger partial charge in [-0.05, 0) is 31.0 Å². The van der Waals surface area contributed by atoms with Crippen LogP contribution in [0.2, 0.25) is 0 Å². The molecule has 2 aromatic rings. The van der Waals surface area contributed by atoms with Crippen molar-refractivity contribution in [1.29, 1.82) is 0 Å². The highest BCUT2D eigenvalue weighted by Crippen LogP contribution is 2.14. The fourth-order valence-corrected chi connectivity index (χ4v) is 4.51. The Balaban J connectivity index is 2.11. The van der Waals surface area contributed by atoms with E-state index in [9.17, 15) is 18.0 Å². The standard InChI is InChI=1S/C22H31N3O5S/c1-5-25(6-2)31(28,29)20-11-12-22(27)24(14-20)15-21(26)23-13-18-9-7-8-10-19(18)16-30-17(3)4/h7-12,14,17H,5-6,13,15-16H2,1-4H3,(H,23,26). The number of carbonyl (C=O) groups is 1. The summed E-state index contributed by atoms with van der Waals surface area (Å²) in [7, 11) is -3.72. The Hall–Kier alpha value is -2.49. The summed E-state index contributed by atoms with van der Waals surface area (Å²) in [5.41, 5.74) is 1.45. The minimum atomic E-state index is -3.72. The predicted octanol–water partition coefficient (Wildman–Crippen LogP) is 2.12. The van der Waals surface area contributed by atoms with E-state index in [1.165, 1.54) is 22.6 Å². The molecule has 31 heavy (non-hydrogen) atoms. The van der Waals surface area contributed by atoms with Gasteiger partial charge in [0, 0.05) is 31.9 Å². The second kappa shape index (κ2) is 11.2. The molecule has 8 nitrogen and oxygen atoms in total. The lowest BCUT2D eigenvalue weighted by atomic mass is 10.1. The molecule has 0 saturated heterocycles. The van der Waals surface area contributed by atoms with Crippen molar-refractivity contribution >= 4 is 15.9 Å². The third-order valence-corrected chi connectivity index (χ3v) is 6.81. The molecule has 170 valence electrons. The number of nitrogens with zero attached hydrogens (tertiary/aromatic N) is 2. The predicted molar refractivity (Wildman–Crippen MR) is 119 cm³/mol. The van der Waals surface area contributed by atoms with Gasteiger partial charge in [0.2, 0.25) is 15.9 Å². The van der Waals surface area contributed by atoms with Gasteiger partial charge >= 0.3 is 0 Å². The van der Waals surface area contributed by atoms with Crippen molar-refractivity contribution in [3.63, 3.8) is 0 Å². The summed E-state index contributed by atoms with van der Waals surface area (Å²) in [6.45, 7) is 8.48. The lowest BCUT2D eigenvalue weighted by Crippen LogP contribution is -2.34. The van der Waals surface area contributed by atoms with Crippen LogP contribution in [-0.4, -0.2) is 42.4 Å². The van der Waals surface area contributed by atoms with Crippen LogP contribution >= 0.6 is 0 Å². The average Bonchev–Trinajstić information content (AvgIpc) is 2.73. The van der Waals surface area contributed by atoms with E-state index < -0.39 is 15.6 Å². The molecular formula is C22H31N3O5S. The van der Waals surface area contributed by atoms with Crippen LogP contribution in [0, 0.1) is 0 Å². The summed E-state index contributed by atoms with van der Waals surface area (Å²) >= 11 is 0. The fraction of sp³-hybridized carbons (Fsp3) is 0.455. The van der Waals surface area contributed by atoms with Crippen molar-refractivity contribution in [1.82, 2.24) is 14.2 Å². The van der Waals surface area contributed by atoms with E-state index in [1.807, 2.05) is 38.1 Å². The van der Waals surface area contributed by atoms with Gasteiger partial charge in [-0.1, -0.05) is 38.1 Å². The van der Waals surface area contributed by atoms with Crippen molar-refractivity contribution in [2.45, 2.75) is 58.4 Å². The molecule has 0 bridgehead atoms. The van der Waals surface area contributed by atoms with Crippen LogP contribution < -0.4 is 10.9 Å². The summed E-state index contributed by atoms with van der Waals surface area (Å²) < 4.78 is 33.5. The van der Waals surface area contributed by atoms with Crippen LogP contribution in [0.5, 0.6) is 0 Å². The van der Waals surface area contributed by atoms with E-state index in [-0.39, 0.29) is 30.0 Å². The summed E-state index contributed by atoms with van der Waals surface area (Å²) in [6, 6.07) is 10.1. The van der Waals surface area contributed by atoms with Crippen LogP contribution in [0.3, 0.4) is 0 Å². The minimum Gasteiger partial charge on any atom is -0.374 e. The quantitative estimate of drug-likeness (QED) is 0.567. The van der Waals surface area contributed by atoms with Gasteiger partial charge in [-0.15, -0.1) is 0 Å². The molecule has 9 heteroatoms.